The number of carbonyl (C=O) groups excluding carboxylic acids is 1. The van der Waals surface area contributed by atoms with Crippen LogP contribution in [0.15, 0.2) is 42.0 Å². The van der Waals surface area contributed by atoms with Gasteiger partial charge in [-0.2, -0.15) is 0 Å². The maximum absolute atomic E-state index is 13.3. The van der Waals surface area contributed by atoms with Gasteiger partial charge in [-0.15, -0.1) is 0 Å². The van der Waals surface area contributed by atoms with E-state index in [0.29, 0.717) is 0 Å². The Morgan fingerprint density at radius 3 is 2.66 bits per heavy atom. The van der Waals surface area contributed by atoms with Gasteiger partial charge >= 0.3 is 0 Å². The SMILES string of the molecule is CCOC1CC(C2=CC=CC2)OC2(CCC(C(=O)c3ccc(OC(C)C)c(C)c3)CC2)C1. The van der Waals surface area contributed by atoms with Crippen molar-refractivity contribution in [1.82, 2.24) is 0 Å². The lowest BCUT2D eigenvalue weighted by Crippen LogP contribution is -2.49. The van der Waals surface area contributed by atoms with E-state index in [0.717, 1.165) is 68.4 Å². The van der Waals surface area contributed by atoms with Crippen LogP contribution >= 0.6 is 0 Å². The summed E-state index contributed by atoms with van der Waals surface area (Å²) in [4.78, 5) is 13.3. The van der Waals surface area contributed by atoms with Crippen LogP contribution in [-0.2, 0) is 9.47 Å². The molecular weight excluding hydrogens is 400 g/mol. The van der Waals surface area contributed by atoms with Crippen molar-refractivity contribution >= 4 is 5.78 Å². The van der Waals surface area contributed by atoms with Crippen LogP contribution in [0.4, 0.5) is 0 Å². The normalized spacial score (nSPS) is 30.0. The van der Waals surface area contributed by atoms with Gasteiger partial charge in [-0.25, -0.2) is 0 Å². The summed E-state index contributed by atoms with van der Waals surface area (Å²) in [6.07, 6.45) is 13.5. The van der Waals surface area contributed by atoms with Crippen molar-refractivity contribution in [1.29, 1.82) is 0 Å². The highest BCUT2D eigenvalue weighted by Crippen LogP contribution is 2.45. The van der Waals surface area contributed by atoms with Crippen LogP contribution in [0.3, 0.4) is 0 Å². The fourth-order valence-corrected chi connectivity index (χ4v) is 5.58. The number of hydrogen-bond acceptors (Lipinski definition) is 4. The molecule has 0 aromatic heterocycles. The lowest BCUT2D eigenvalue weighted by Gasteiger charge is -2.48. The summed E-state index contributed by atoms with van der Waals surface area (Å²) < 4.78 is 18.7. The Bertz CT molecular complexity index is 873. The van der Waals surface area contributed by atoms with Crippen LogP contribution in [-0.4, -0.2) is 36.3 Å². The number of carbonyl (C=O) groups is 1. The molecule has 4 nitrogen and oxygen atoms in total. The first-order valence-corrected chi connectivity index (χ1v) is 12.4. The number of ether oxygens (including phenoxy) is 3. The fourth-order valence-electron chi connectivity index (χ4n) is 5.58. The van der Waals surface area contributed by atoms with Gasteiger partial charge in [0.15, 0.2) is 5.78 Å². The van der Waals surface area contributed by atoms with E-state index in [1.807, 2.05) is 39.0 Å². The molecule has 1 aromatic carbocycles. The fraction of sp³-hybridized carbons (Fsp3) is 0.607. The number of Topliss-reactive ketones (excluding diaryl/α,β-unsaturated/α-hetero) is 1. The predicted octanol–water partition coefficient (Wildman–Crippen LogP) is 6.36. The summed E-state index contributed by atoms with van der Waals surface area (Å²) >= 11 is 0. The monoisotopic (exact) mass is 438 g/mol. The van der Waals surface area contributed by atoms with Gasteiger partial charge in [0.25, 0.3) is 0 Å². The van der Waals surface area contributed by atoms with Crippen molar-refractivity contribution < 1.29 is 19.0 Å². The molecule has 4 heteroatoms. The quantitative estimate of drug-likeness (QED) is 0.464. The first-order valence-electron chi connectivity index (χ1n) is 12.4. The molecule has 2 aliphatic carbocycles. The van der Waals surface area contributed by atoms with Gasteiger partial charge in [-0.05, 0) is 89.1 Å². The summed E-state index contributed by atoms with van der Waals surface area (Å²) in [6.45, 7) is 8.86. The summed E-state index contributed by atoms with van der Waals surface area (Å²) in [5, 5.41) is 0. The third-order valence-corrected chi connectivity index (χ3v) is 7.17. The first kappa shape index (κ1) is 23.3. The molecule has 2 fully saturated rings. The molecule has 0 radical (unpaired) electrons. The molecule has 1 saturated heterocycles. The van der Waals surface area contributed by atoms with E-state index in [1.165, 1.54) is 5.57 Å². The van der Waals surface area contributed by atoms with Crippen LogP contribution in [0.25, 0.3) is 0 Å². The van der Waals surface area contributed by atoms with E-state index in [2.05, 4.69) is 25.2 Å². The number of hydrogen-bond donors (Lipinski definition) is 0. The average Bonchev–Trinajstić information content (AvgIpc) is 3.30. The molecule has 1 heterocycles. The van der Waals surface area contributed by atoms with Crippen LogP contribution in [0.2, 0.25) is 0 Å². The largest absolute Gasteiger partial charge is 0.491 e. The summed E-state index contributed by atoms with van der Waals surface area (Å²) in [6, 6.07) is 5.86. The van der Waals surface area contributed by atoms with Crippen molar-refractivity contribution in [2.24, 2.45) is 5.92 Å². The number of benzene rings is 1. The zero-order chi connectivity index (χ0) is 22.7. The molecule has 1 aliphatic heterocycles. The van der Waals surface area contributed by atoms with Crippen molar-refractivity contribution in [2.75, 3.05) is 6.61 Å². The summed E-state index contributed by atoms with van der Waals surface area (Å²) in [5.74, 6) is 1.19. The van der Waals surface area contributed by atoms with Crippen molar-refractivity contribution in [3.63, 3.8) is 0 Å². The third kappa shape index (κ3) is 5.18. The molecule has 1 aromatic rings. The van der Waals surface area contributed by atoms with E-state index in [-0.39, 0.29) is 35.6 Å². The minimum Gasteiger partial charge on any atom is -0.491 e. The Morgan fingerprint density at radius 1 is 1.25 bits per heavy atom. The van der Waals surface area contributed by atoms with E-state index < -0.39 is 0 Å². The zero-order valence-electron chi connectivity index (χ0n) is 20.1. The average molecular weight is 439 g/mol. The molecule has 0 amide bonds. The highest BCUT2D eigenvalue weighted by Gasteiger charge is 2.46. The lowest BCUT2D eigenvalue weighted by molar-refractivity contribution is -0.176. The minimum atomic E-state index is -0.159. The van der Waals surface area contributed by atoms with E-state index in [1.54, 1.807) is 0 Å². The van der Waals surface area contributed by atoms with Crippen LogP contribution in [0, 0.1) is 12.8 Å². The van der Waals surface area contributed by atoms with E-state index >= 15 is 0 Å². The molecule has 2 atom stereocenters. The van der Waals surface area contributed by atoms with Crippen molar-refractivity contribution in [3.05, 3.63) is 53.1 Å². The third-order valence-electron chi connectivity index (χ3n) is 7.17. The van der Waals surface area contributed by atoms with Crippen LogP contribution < -0.4 is 4.74 Å². The second-order valence-corrected chi connectivity index (χ2v) is 9.97. The molecule has 174 valence electrons. The van der Waals surface area contributed by atoms with Crippen molar-refractivity contribution in [3.8, 4) is 5.75 Å². The Balaban J connectivity index is 1.42. The van der Waals surface area contributed by atoms with Crippen LogP contribution in [0.5, 0.6) is 5.75 Å². The lowest BCUT2D eigenvalue weighted by atomic mass is 9.72. The Morgan fingerprint density at radius 2 is 2.03 bits per heavy atom. The Kier molecular flexibility index (Phi) is 7.21. The van der Waals surface area contributed by atoms with E-state index in [4.69, 9.17) is 14.2 Å². The van der Waals surface area contributed by atoms with E-state index in [9.17, 15) is 4.79 Å². The maximum Gasteiger partial charge on any atom is 0.165 e. The topological polar surface area (TPSA) is 44.8 Å². The molecule has 0 N–H and O–H groups in total. The molecule has 1 saturated carbocycles. The number of ketones is 1. The second-order valence-electron chi connectivity index (χ2n) is 9.97. The Labute approximate surface area is 193 Å². The summed E-state index contributed by atoms with van der Waals surface area (Å²) in [5.41, 5.74) is 3.03. The molecule has 4 rings (SSSR count). The van der Waals surface area contributed by atoms with Crippen LogP contribution in [0.1, 0.15) is 81.6 Å². The van der Waals surface area contributed by atoms with Crippen molar-refractivity contribution in [2.45, 2.75) is 96.6 Å². The standard InChI is InChI=1S/C28H38O4/c1-5-30-24-17-26(21-8-6-7-9-21)32-28(18-24)14-12-22(13-15-28)27(29)23-10-11-25(20(4)16-23)31-19(2)3/h6-8,10-11,16,19,22,24,26H,5,9,12-15,17-18H2,1-4H3. The van der Waals surface area contributed by atoms with Gasteiger partial charge < -0.3 is 14.2 Å². The highest BCUT2D eigenvalue weighted by atomic mass is 16.5. The van der Waals surface area contributed by atoms with Gasteiger partial charge in [0, 0.05) is 30.9 Å². The molecule has 3 aliphatic rings. The zero-order valence-corrected chi connectivity index (χ0v) is 20.1. The predicted molar refractivity (Wildman–Crippen MR) is 127 cm³/mol. The number of rotatable bonds is 7. The first-order chi connectivity index (χ1) is 15.4. The number of aryl methyl sites for hydroxylation is 1. The molecule has 1 spiro atoms. The van der Waals surface area contributed by atoms with Gasteiger partial charge in [0.05, 0.1) is 23.9 Å². The smallest absolute Gasteiger partial charge is 0.165 e. The second kappa shape index (κ2) is 9.93. The molecule has 0 bridgehead atoms. The number of allylic oxidation sites excluding steroid dienone is 3. The molecule has 2 unspecified atom stereocenters. The maximum atomic E-state index is 13.3. The summed E-state index contributed by atoms with van der Waals surface area (Å²) in [7, 11) is 0. The Hall–Kier alpha value is -1.91. The van der Waals surface area contributed by atoms with Gasteiger partial charge in [0.1, 0.15) is 5.75 Å². The minimum absolute atomic E-state index is 0.0683. The highest BCUT2D eigenvalue weighted by molar-refractivity contribution is 5.98. The van der Waals surface area contributed by atoms with Gasteiger partial charge in [0.2, 0.25) is 0 Å². The molecular formula is C28H38O4. The van der Waals surface area contributed by atoms with Gasteiger partial charge in [-0.3, -0.25) is 4.79 Å². The molecule has 32 heavy (non-hydrogen) atoms. The van der Waals surface area contributed by atoms with Gasteiger partial charge in [-0.1, -0.05) is 18.2 Å².